The van der Waals surface area contributed by atoms with Crippen molar-refractivity contribution in [1.82, 2.24) is 20.2 Å². The van der Waals surface area contributed by atoms with Crippen molar-refractivity contribution in [2.45, 2.75) is 19.9 Å². The third kappa shape index (κ3) is 1.30. The van der Waals surface area contributed by atoms with E-state index in [2.05, 4.69) is 15.5 Å². The van der Waals surface area contributed by atoms with E-state index in [1.807, 2.05) is 6.92 Å². The third-order valence-corrected chi connectivity index (χ3v) is 1.27. The van der Waals surface area contributed by atoms with Gasteiger partial charge in [-0.3, -0.25) is 0 Å². The van der Waals surface area contributed by atoms with E-state index in [1.54, 1.807) is 4.68 Å². The molecule has 1 aromatic heterocycles. The van der Waals surface area contributed by atoms with Crippen LogP contribution in [-0.4, -0.2) is 26.8 Å². The van der Waals surface area contributed by atoms with Crippen LogP contribution in [0.2, 0.25) is 0 Å². The summed E-state index contributed by atoms with van der Waals surface area (Å²) in [6.07, 6.45) is 0.751. The minimum atomic E-state index is 0.598. The van der Waals surface area contributed by atoms with Gasteiger partial charge in [-0.2, -0.15) is 0 Å². The molecule has 0 atom stereocenters. The van der Waals surface area contributed by atoms with Crippen LogP contribution in [0, 0.1) is 0 Å². The van der Waals surface area contributed by atoms with Gasteiger partial charge in [0.2, 0.25) is 0 Å². The summed E-state index contributed by atoms with van der Waals surface area (Å²) >= 11 is 0. The molecule has 56 valence electrons. The predicted octanol–water partition coefficient (Wildman–Crippen LogP) is -0.806. The molecule has 0 unspecified atom stereocenters. The second-order valence-electron chi connectivity index (χ2n) is 1.95. The summed E-state index contributed by atoms with van der Waals surface area (Å²) in [7, 11) is 0. The molecule has 1 heterocycles. The van der Waals surface area contributed by atoms with Gasteiger partial charge >= 0.3 is 0 Å². The van der Waals surface area contributed by atoms with Crippen LogP contribution in [0.1, 0.15) is 12.7 Å². The highest BCUT2D eigenvalue weighted by Gasteiger charge is 2.00. The van der Waals surface area contributed by atoms with Gasteiger partial charge in [0.25, 0.3) is 0 Å². The Bertz CT molecular complexity index is 194. The molecule has 2 N–H and O–H groups in total. The molecular weight excluding hydrogens is 130 g/mol. The average Bonchev–Trinajstić information content (AvgIpc) is 2.36. The van der Waals surface area contributed by atoms with Gasteiger partial charge in [-0.15, -0.1) is 5.10 Å². The van der Waals surface area contributed by atoms with E-state index in [-0.39, 0.29) is 0 Å². The average molecular weight is 141 g/mol. The molecule has 0 saturated carbocycles. The molecule has 0 aromatic carbocycles. The van der Waals surface area contributed by atoms with Gasteiger partial charge in [0, 0.05) is 13.0 Å². The Morgan fingerprint density at radius 2 is 2.40 bits per heavy atom. The van der Waals surface area contributed by atoms with Crippen LogP contribution in [0.5, 0.6) is 0 Å². The minimum Gasteiger partial charge on any atom is -0.330 e. The highest BCUT2D eigenvalue weighted by Crippen LogP contribution is 1.90. The Morgan fingerprint density at radius 1 is 1.60 bits per heavy atom. The Labute approximate surface area is 59.2 Å². The fourth-order valence-electron chi connectivity index (χ4n) is 0.777. The number of aromatic nitrogens is 4. The lowest BCUT2D eigenvalue weighted by Crippen LogP contribution is -2.10. The fourth-order valence-corrected chi connectivity index (χ4v) is 0.777. The van der Waals surface area contributed by atoms with Crippen molar-refractivity contribution in [3.05, 3.63) is 5.82 Å². The lowest BCUT2D eigenvalue weighted by Gasteiger charge is -1.96. The lowest BCUT2D eigenvalue weighted by atomic mass is 10.4. The fraction of sp³-hybridized carbons (Fsp3) is 0.800. The van der Waals surface area contributed by atoms with Crippen LogP contribution in [0.4, 0.5) is 0 Å². The summed E-state index contributed by atoms with van der Waals surface area (Å²) in [5, 5.41) is 11.1. The number of rotatable bonds is 3. The second-order valence-corrected chi connectivity index (χ2v) is 1.95. The molecular formula is C5H11N5. The maximum Gasteiger partial charge on any atom is 0.152 e. The van der Waals surface area contributed by atoms with E-state index in [0.717, 1.165) is 18.8 Å². The number of nitrogens with zero attached hydrogens (tertiary/aromatic N) is 4. The zero-order valence-electron chi connectivity index (χ0n) is 5.99. The van der Waals surface area contributed by atoms with Crippen LogP contribution in [0.25, 0.3) is 0 Å². The van der Waals surface area contributed by atoms with E-state index in [4.69, 9.17) is 5.73 Å². The van der Waals surface area contributed by atoms with Gasteiger partial charge in [0.05, 0.1) is 0 Å². The largest absolute Gasteiger partial charge is 0.330 e. The molecule has 0 aliphatic heterocycles. The summed E-state index contributed by atoms with van der Waals surface area (Å²) < 4.78 is 1.74. The standard InChI is InChI=1S/C5H11N5/c1-2-10-5(3-4-6)7-8-9-10/h2-4,6H2,1H3. The number of hydrogen-bond donors (Lipinski definition) is 1. The molecule has 5 heteroatoms. The topological polar surface area (TPSA) is 69.6 Å². The van der Waals surface area contributed by atoms with Crippen LogP contribution >= 0.6 is 0 Å². The quantitative estimate of drug-likeness (QED) is 0.598. The van der Waals surface area contributed by atoms with Crippen LogP contribution in [0.3, 0.4) is 0 Å². The van der Waals surface area contributed by atoms with E-state index in [0.29, 0.717) is 6.54 Å². The molecule has 1 aromatic rings. The molecule has 0 radical (unpaired) electrons. The zero-order valence-corrected chi connectivity index (χ0v) is 5.99. The first-order valence-electron chi connectivity index (χ1n) is 3.33. The molecule has 0 fully saturated rings. The van der Waals surface area contributed by atoms with Gasteiger partial charge in [-0.1, -0.05) is 0 Å². The van der Waals surface area contributed by atoms with Crippen molar-refractivity contribution < 1.29 is 0 Å². The maximum absolute atomic E-state index is 5.33. The van der Waals surface area contributed by atoms with Crippen molar-refractivity contribution in [2.24, 2.45) is 5.73 Å². The highest BCUT2D eigenvalue weighted by atomic mass is 15.5. The summed E-state index contributed by atoms with van der Waals surface area (Å²) in [5.74, 6) is 0.866. The zero-order chi connectivity index (χ0) is 7.40. The molecule has 10 heavy (non-hydrogen) atoms. The van der Waals surface area contributed by atoms with Crippen LogP contribution < -0.4 is 5.73 Å². The summed E-state index contributed by atoms with van der Waals surface area (Å²) in [5.41, 5.74) is 5.33. The van der Waals surface area contributed by atoms with Crippen molar-refractivity contribution in [1.29, 1.82) is 0 Å². The molecule has 0 bridgehead atoms. The SMILES string of the molecule is CCn1nnnc1CCN. The van der Waals surface area contributed by atoms with Crippen molar-refractivity contribution in [2.75, 3.05) is 6.54 Å². The van der Waals surface area contributed by atoms with Gasteiger partial charge in [-0.25, -0.2) is 4.68 Å². The predicted molar refractivity (Wildman–Crippen MR) is 36.2 cm³/mol. The Hall–Kier alpha value is -0.970. The van der Waals surface area contributed by atoms with Crippen LogP contribution in [0.15, 0.2) is 0 Å². The lowest BCUT2D eigenvalue weighted by molar-refractivity contribution is 0.596. The Kier molecular flexibility index (Phi) is 2.33. The summed E-state index contributed by atoms with van der Waals surface area (Å²) in [6, 6.07) is 0. The van der Waals surface area contributed by atoms with E-state index in [1.165, 1.54) is 0 Å². The number of tetrazole rings is 1. The summed E-state index contributed by atoms with van der Waals surface area (Å²) in [4.78, 5) is 0. The highest BCUT2D eigenvalue weighted by molar-refractivity contribution is 4.80. The monoisotopic (exact) mass is 141 g/mol. The molecule has 0 spiro atoms. The first-order valence-corrected chi connectivity index (χ1v) is 3.33. The summed E-state index contributed by atoms with van der Waals surface area (Å²) in [6.45, 7) is 3.40. The Morgan fingerprint density at radius 3 is 3.00 bits per heavy atom. The van der Waals surface area contributed by atoms with Crippen molar-refractivity contribution >= 4 is 0 Å². The second kappa shape index (κ2) is 3.26. The third-order valence-electron chi connectivity index (χ3n) is 1.27. The number of nitrogens with two attached hydrogens (primary N) is 1. The van der Waals surface area contributed by atoms with Crippen LogP contribution in [-0.2, 0) is 13.0 Å². The van der Waals surface area contributed by atoms with E-state index < -0.39 is 0 Å². The first-order chi connectivity index (χ1) is 4.88. The maximum atomic E-state index is 5.33. The first kappa shape index (κ1) is 7.14. The smallest absolute Gasteiger partial charge is 0.152 e. The van der Waals surface area contributed by atoms with Crippen molar-refractivity contribution in [3.63, 3.8) is 0 Å². The van der Waals surface area contributed by atoms with Gasteiger partial charge in [-0.05, 0) is 23.9 Å². The molecule has 1 rings (SSSR count). The normalized spacial score (nSPS) is 10.2. The minimum absolute atomic E-state index is 0.598. The van der Waals surface area contributed by atoms with E-state index in [9.17, 15) is 0 Å². The molecule has 0 saturated heterocycles. The number of hydrogen-bond acceptors (Lipinski definition) is 4. The number of aryl methyl sites for hydroxylation is 1. The Balaban J connectivity index is 2.70. The molecule has 5 nitrogen and oxygen atoms in total. The van der Waals surface area contributed by atoms with Gasteiger partial charge in [0.1, 0.15) is 0 Å². The van der Waals surface area contributed by atoms with E-state index >= 15 is 0 Å². The van der Waals surface area contributed by atoms with Gasteiger partial charge < -0.3 is 5.73 Å². The van der Waals surface area contributed by atoms with Crippen molar-refractivity contribution in [3.8, 4) is 0 Å². The molecule has 0 aliphatic rings. The molecule has 0 aliphatic carbocycles. The van der Waals surface area contributed by atoms with Gasteiger partial charge in [0.15, 0.2) is 5.82 Å². The molecule has 0 amide bonds.